The van der Waals surface area contributed by atoms with Gasteiger partial charge in [-0.2, -0.15) is 0 Å². The molecule has 1 aliphatic heterocycles. The van der Waals surface area contributed by atoms with Gasteiger partial charge in [0.1, 0.15) is 0 Å². The average Bonchev–Trinajstić information content (AvgIpc) is 2.48. The highest BCUT2D eigenvalue weighted by atomic mass is 32.2. The van der Waals surface area contributed by atoms with Crippen molar-refractivity contribution in [3.63, 3.8) is 0 Å². The average molecular weight is 311 g/mol. The van der Waals surface area contributed by atoms with Gasteiger partial charge in [0, 0.05) is 24.8 Å². The minimum absolute atomic E-state index is 0.0112. The second-order valence-electron chi connectivity index (χ2n) is 5.41. The van der Waals surface area contributed by atoms with Crippen LogP contribution in [-0.2, 0) is 10.0 Å². The summed E-state index contributed by atoms with van der Waals surface area (Å²) in [6.45, 7) is 7.76. The van der Waals surface area contributed by atoms with Crippen LogP contribution in [0.15, 0.2) is 29.2 Å². The Balaban J connectivity index is 2.03. The van der Waals surface area contributed by atoms with Crippen molar-refractivity contribution < 1.29 is 8.42 Å². The van der Waals surface area contributed by atoms with E-state index in [9.17, 15) is 8.42 Å². The second kappa shape index (κ2) is 7.24. The molecule has 21 heavy (non-hydrogen) atoms. The maximum atomic E-state index is 12.4. The van der Waals surface area contributed by atoms with Crippen LogP contribution < -0.4 is 10.0 Å². The van der Waals surface area contributed by atoms with Crippen molar-refractivity contribution in [1.29, 1.82) is 0 Å². The molecule has 1 heterocycles. The van der Waals surface area contributed by atoms with Crippen molar-refractivity contribution in [2.45, 2.75) is 37.6 Å². The van der Waals surface area contributed by atoms with Crippen LogP contribution in [0.25, 0.3) is 0 Å². The van der Waals surface area contributed by atoms with Crippen LogP contribution in [0.3, 0.4) is 0 Å². The summed E-state index contributed by atoms with van der Waals surface area (Å²) in [6, 6.07) is 6.92. The molecule has 118 valence electrons. The standard InChI is InChI=1S/C15H25N3O2S/c1-3-16-13-7-9-15(10-8-13)21(19,20)17-14-6-5-11-18(4-2)12-14/h7-10,14,16-17H,3-6,11-12H2,1-2H3. The Bertz CT molecular complexity index is 543. The van der Waals surface area contributed by atoms with Crippen LogP contribution in [0, 0.1) is 0 Å². The number of hydrogen-bond acceptors (Lipinski definition) is 4. The molecule has 0 spiro atoms. The molecule has 0 radical (unpaired) electrons. The molecular formula is C15H25N3O2S. The molecule has 1 aromatic carbocycles. The molecule has 1 aliphatic rings. The van der Waals surface area contributed by atoms with Gasteiger partial charge in [-0.15, -0.1) is 0 Å². The van der Waals surface area contributed by atoms with Crippen molar-refractivity contribution in [3.05, 3.63) is 24.3 Å². The van der Waals surface area contributed by atoms with Crippen molar-refractivity contribution in [3.8, 4) is 0 Å². The lowest BCUT2D eigenvalue weighted by atomic mass is 10.1. The lowest BCUT2D eigenvalue weighted by Gasteiger charge is -2.32. The van der Waals surface area contributed by atoms with E-state index in [1.807, 2.05) is 6.92 Å². The number of likely N-dealkylation sites (N-methyl/N-ethyl adjacent to an activating group) is 1. The number of rotatable bonds is 6. The molecule has 5 nitrogen and oxygen atoms in total. The van der Waals surface area contributed by atoms with Crippen molar-refractivity contribution in [2.75, 3.05) is 31.5 Å². The number of hydrogen-bond donors (Lipinski definition) is 2. The van der Waals surface area contributed by atoms with E-state index >= 15 is 0 Å². The zero-order valence-electron chi connectivity index (χ0n) is 12.8. The predicted molar refractivity (Wildman–Crippen MR) is 86.1 cm³/mol. The quantitative estimate of drug-likeness (QED) is 0.842. The first-order chi connectivity index (χ1) is 10.0. The summed E-state index contributed by atoms with van der Waals surface area (Å²) in [6.07, 6.45) is 1.95. The maximum Gasteiger partial charge on any atom is 0.240 e. The van der Waals surface area contributed by atoms with Crippen LogP contribution in [0.1, 0.15) is 26.7 Å². The van der Waals surface area contributed by atoms with E-state index in [1.54, 1.807) is 24.3 Å². The molecule has 1 unspecified atom stereocenters. The number of piperidine rings is 1. The Morgan fingerprint density at radius 1 is 1.24 bits per heavy atom. The van der Waals surface area contributed by atoms with Gasteiger partial charge in [-0.25, -0.2) is 13.1 Å². The molecule has 1 atom stereocenters. The summed E-state index contributed by atoms with van der Waals surface area (Å²) >= 11 is 0. The number of nitrogens with zero attached hydrogens (tertiary/aromatic N) is 1. The molecular weight excluding hydrogens is 286 g/mol. The zero-order valence-corrected chi connectivity index (χ0v) is 13.6. The van der Waals surface area contributed by atoms with Gasteiger partial charge in [0.15, 0.2) is 0 Å². The van der Waals surface area contributed by atoms with Crippen LogP contribution in [-0.4, -0.2) is 45.5 Å². The monoisotopic (exact) mass is 311 g/mol. The first-order valence-corrected chi connectivity index (χ1v) is 9.12. The second-order valence-corrected chi connectivity index (χ2v) is 7.12. The number of likely N-dealkylation sites (tertiary alicyclic amines) is 1. The molecule has 2 N–H and O–H groups in total. The Kier molecular flexibility index (Phi) is 5.61. The summed E-state index contributed by atoms with van der Waals surface area (Å²) in [5.74, 6) is 0. The molecule has 1 saturated heterocycles. The van der Waals surface area contributed by atoms with E-state index in [0.717, 1.165) is 44.7 Å². The summed E-state index contributed by atoms with van der Waals surface area (Å²) in [7, 11) is -3.43. The number of anilines is 1. The van der Waals surface area contributed by atoms with Crippen molar-refractivity contribution in [2.24, 2.45) is 0 Å². The van der Waals surface area contributed by atoms with Crippen molar-refractivity contribution >= 4 is 15.7 Å². The third-order valence-corrected chi connectivity index (χ3v) is 5.36. The van der Waals surface area contributed by atoms with E-state index in [1.165, 1.54) is 0 Å². The van der Waals surface area contributed by atoms with Crippen LogP contribution in [0.4, 0.5) is 5.69 Å². The molecule has 0 aromatic heterocycles. The van der Waals surface area contributed by atoms with E-state index in [-0.39, 0.29) is 6.04 Å². The maximum absolute atomic E-state index is 12.4. The normalized spacial score (nSPS) is 20.4. The fourth-order valence-corrected chi connectivity index (χ4v) is 3.94. The molecule has 6 heteroatoms. The highest BCUT2D eigenvalue weighted by molar-refractivity contribution is 7.89. The molecule has 0 saturated carbocycles. The molecule has 0 aliphatic carbocycles. The van der Waals surface area contributed by atoms with Gasteiger partial charge in [0.05, 0.1) is 4.90 Å². The molecule has 0 bridgehead atoms. The SMILES string of the molecule is CCNc1ccc(S(=O)(=O)NC2CCCN(CC)C2)cc1. The largest absolute Gasteiger partial charge is 0.385 e. The van der Waals surface area contributed by atoms with Crippen LogP contribution >= 0.6 is 0 Å². The predicted octanol–water partition coefficient (Wildman–Crippen LogP) is 1.88. The molecule has 1 fully saturated rings. The fourth-order valence-electron chi connectivity index (χ4n) is 2.68. The minimum Gasteiger partial charge on any atom is -0.385 e. The number of benzene rings is 1. The van der Waals surface area contributed by atoms with E-state index in [4.69, 9.17) is 0 Å². The summed E-state index contributed by atoms with van der Waals surface area (Å²) in [5.41, 5.74) is 0.936. The van der Waals surface area contributed by atoms with Crippen LogP contribution in [0.5, 0.6) is 0 Å². The van der Waals surface area contributed by atoms with Crippen molar-refractivity contribution in [1.82, 2.24) is 9.62 Å². The molecule has 0 amide bonds. The minimum atomic E-state index is -3.43. The summed E-state index contributed by atoms with van der Waals surface area (Å²) in [5, 5.41) is 3.16. The molecule has 2 rings (SSSR count). The highest BCUT2D eigenvalue weighted by Gasteiger charge is 2.24. The number of nitrogens with one attached hydrogen (secondary N) is 2. The van der Waals surface area contributed by atoms with Gasteiger partial charge in [-0.3, -0.25) is 0 Å². The smallest absolute Gasteiger partial charge is 0.240 e. The number of sulfonamides is 1. The first-order valence-electron chi connectivity index (χ1n) is 7.63. The molecule has 1 aromatic rings. The highest BCUT2D eigenvalue weighted by Crippen LogP contribution is 2.16. The topological polar surface area (TPSA) is 61.4 Å². The third kappa shape index (κ3) is 4.43. The summed E-state index contributed by atoms with van der Waals surface area (Å²) in [4.78, 5) is 2.61. The fraction of sp³-hybridized carbons (Fsp3) is 0.600. The zero-order chi connectivity index (χ0) is 15.3. The van der Waals surface area contributed by atoms with Gasteiger partial charge in [0.25, 0.3) is 0 Å². The van der Waals surface area contributed by atoms with Gasteiger partial charge >= 0.3 is 0 Å². The third-order valence-electron chi connectivity index (χ3n) is 3.82. The lowest BCUT2D eigenvalue weighted by molar-refractivity contribution is 0.211. The first kappa shape index (κ1) is 16.3. The van der Waals surface area contributed by atoms with Gasteiger partial charge < -0.3 is 10.2 Å². The van der Waals surface area contributed by atoms with E-state index < -0.39 is 10.0 Å². The Labute approximate surface area is 127 Å². The van der Waals surface area contributed by atoms with E-state index in [2.05, 4.69) is 21.9 Å². The Morgan fingerprint density at radius 3 is 2.57 bits per heavy atom. The van der Waals surface area contributed by atoms with E-state index in [0.29, 0.717) is 4.90 Å². The van der Waals surface area contributed by atoms with Gasteiger partial charge in [-0.1, -0.05) is 6.92 Å². The van der Waals surface area contributed by atoms with Gasteiger partial charge in [-0.05, 0) is 57.1 Å². The van der Waals surface area contributed by atoms with Crippen LogP contribution in [0.2, 0.25) is 0 Å². The Hall–Kier alpha value is -1.11. The van der Waals surface area contributed by atoms with Gasteiger partial charge in [0.2, 0.25) is 10.0 Å². The Morgan fingerprint density at radius 2 is 1.95 bits per heavy atom. The summed E-state index contributed by atoms with van der Waals surface area (Å²) < 4.78 is 27.7. The lowest BCUT2D eigenvalue weighted by Crippen LogP contribution is -2.47.